The van der Waals surface area contributed by atoms with Crippen molar-refractivity contribution in [2.24, 2.45) is 0 Å². The molecule has 0 aliphatic heterocycles. The van der Waals surface area contributed by atoms with Crippen molar-refractivity contribution in [3.8, 4) is 5.69 Å². The summed E-state index contributed by atoms with van der Waals surface area (Å²) in [4.78, 5) is 11.8. The number of benzene rings is 1. The number of nitrogens with zero attached hydrogens (tertiary/aromatic N) is 3. The molecule has 1 aromatic carbocycles. The minimum absolute atomic E-state index is 0.0382. The highest BCUT2D eigenvalue weighted by molar-refractivity contribution is 7.84. The molecule has 0 saturated carbocycles. The molecule has 2 aromatic rings. The van der Waals surface area contributed by atoms with E-state index in [9.17, 15) is 13.4 Å². The summed E-state index contributed by atoms with van der Waals surface area (Å²) in [6, 6.07) is 4.45. The molecule has 1 amide bonds. The summed E-state index contributed by atoms with van der Waals surface area (Å²) in [5.74, 6) is -0.755. The van der Waals surface area contributed by atoms with Gasteiger partial charge in [-0.05, 0) is 12.1 Å². The van der Waals surface area contributed by atoms with Crippen LogP contribution in [0.25, 0.3) is 5.69 Å². The molecule has 1 atom stereocenters. The van der Waals surface area contributed by atoms with Crippen LogP contribution in [0, 0.1) is 5.82 Å². The minimum atomic E-state index is -0.989. The molecule has 2 rings (SSSR count). The van der Waals surface area contributed by atoms with Gasteiger partial charge in [-0.1, -0.05) is 22.9 Å². The van der Waals surface area contributed by atoms with E-state index in [-0.39, 0.29) is 22.9 Å². The summed E-state index contributed by atoms with van der Waals surface area (Å²) in [5.41, 5.74) is 0.139. The minimum Gasteiger partial charge on any atom is -0.350 e. The summed E-state index contributed by atoms with van der Waals surface area (Å²) >= 11 is 5.69. The Balaban J connectivity index is 2.12. The van der Waals surface area contributed by atoms with Crippen LogP contribution in [-0.4, -0.2) is 43.7 Å². The number of amides is 1. The van der Waals surface area contributed by atoms with Gasteiger partial charge in [-0.25, -0.2) is 9.07 Å². The number of hydrogen-bond donors (Lipinski definition) is 1. The third-order valence-corrected chi connectivity index (χ3v) is 3.65. The Morgan fingerprint density at radius 3 is 3.00 bits per heavy atom. The molecule has 0 radical (unpaired) electrons. The molecular formula is C12H12ClFN4O2S. The average Bonchev–Trinajstić information content (AvgIpc) is 2.91. The fraction of sp³-hybridized carbons (Fsp3) is 0.250. The summed E-state index contributed by atoms with van der Waals surface area (Å²) in [6.07, 6.45) is 2.84. The van der Waals surface area contributed by atoms with E-state index in [0.29, 0.717) is 5.75 Å². The number of carbonyl (C=O) groups is 1. The van der Waals surface area contributed by atoms with Crippen molar-refractivity contribution in [2.45, 2.75) is 0 Å². The third kappa shape index (κ3) is 3.85. The predicted octanol–water partition coefficient (Wildman–Crippen LogP) is 1.17. The van der Waals surface area contributed by atoms with Gasteiger partial charge in [0, 0.05) is 29.4 Å². The summed E-state index contributed by atoms with van der Waals surface area (Å²) in [7, 11) is -0.989. The monoisotopic (exact) mass is 330 g/mol. The van der Waals surface area contributed by atoms with Gasteiger partial charge in [0.1, 0.15) is 5.69 Å². The number of rotatable bonds is 5. The maximum atomic E-state index is 13.8. The van der Waals surface area contributed by atoms with Crippen LogP contribution in [0.2, 0.25) is 5.02 Å². The van der Waals surface area contributed by atoms with E-state index in [1.165, 1.54) is 18.3 Å². The maximum Gasteiger partial charge on any atom is 0.273 e. The fourth-order valence-corrected chi connectivity index (χ4v) is 2.11. The van der Waals surface area contributed by atoms with Crippen molar-refractivity contribution in [2.75, 3.05) is 18.6 Å². The van der Waals surface area contributed by atoms with Crippen molar-refractivity contribution < 1.29 is 13.4 Å². The largest absolute Gasteiger partial charge is 0.350 e. The summed E-state index contributed by atoms with van der Waals surface area (Å²) < 4.78 is 25.9. The van der Waals surface area contributed by atoms with Crippen molar-refractivity contribution in [1.82, 2.24) is 20.3 Å². The molecule has 112 valence electrons. The van der Waals surface area contributed by atoms with Gasteiger partial charge in [-0.2, -0.15) is 0 Å². The molecule has 0 aliphatic carbocycles. The highest BCUT2D eigenvalue weighted by Crippen LogP contribution is 2.20. The molecule has 1 N–H and O–H groups in total. The first-order valence-electron chi connectivity index (χ1n) is 5.94. The zero-order valence-electron chi connectivity index (χ0n) is 11.0. The Hall–Kier alpha value is -1.80. The number of nitrogens with one attached hydrogen (secondary N) is 1. The lowest BCUT2D eigenvalue weighted by Crippen LogP contribution is -2.27. The molecule has 21 heavy (non-hydrogen) atoms. The molecule has 0 bridgehead atoms. The average molecular weight is 331 g/mol. The highest BCUT2D eigenvalue weighted by atomic mass is 35.5. The standard InChI is InChI=1S/C12H12ClFN4O2S/c1-21(20)6-5-15-12(19)9-7-18(17-16-9)10-4-2-3-8(13)11(10)14/h2-4,7H,5-6H2,1H3,(H,15,19)/t21-/m0/s1. The van der Waals surface area contributed by atoms with Crippen LogP contribution in [0.15, 0.2) is 24.4 Å². The van der Waals surface area contributed by atoms with E-state index in [2.05, 4.69) is 15.6 Å². The second-order valence-corrected chi connectivity index (χ2v) is 6.12. The first-order valence-corrected chi connectivity index (χ1v) is 8.04. The molecule has 0 unspecified atom stereocenters. The van der Waals surface area contributed by atoms with Crippen molar-refractivity contribution in [1.29, 1.82) is 0 Å². The van der Waals surface area contributed by atoms with Gasteiger partial charge in [0.25, 0.3) is 5.91 Å². The van der Waals surface area contributed by atoms with E-state index in [0.717, 1.165) is 4.68 Å². The van der Waals surface area contributed by atoms with Gasteiger partial charge in [-0.15, -0.1) is 5.10 Å². The van der Waals surface area contributed by atoms with Crippen LogP contribution < -0.4 is 5.32 Å². The van der Waals surface area contributed by atoms with Crippen LogP contribution in [0.1, 0.15) is 10.5 Å². The van der Waals surface area contributed by atoms with E-state index < -0.39 is 22.5 Å². The van der Waals surface area contributed by atoms with Crippen LogP contribution in [-0.2, 0) is 10.8 Å². The molecular weight excluding hydrogens is 319 g/mol. The zero-order valence-corrected chi connectivity index (χ0v) is 12.6. The maximum absolute atomic E-state index is 13.8. The molecule has 1 heterocycles. The Labute approximate surface area is 127 Å². The van der Waals surface area contributed by atoms with E-state index in [1.807, 2.05) is 0 Å². The van der Waals surface area contributed by atoms with Gasteiger partial charge in [0.05, 0.1) is 11.2 Å². The molecule has 0 spiro atoms. The van der Waals surface area contributed by atoms with Gasteiger partial charge < -0.3 is 5.32 Å². The topological polar surface area (TPSA) is 76.9 Å². The Morgan fingerprint density at radius 2 is 2.29 bits per heavy atom. The second kappa shape index (κ2) is 6.77. The van der Waals surface area contributed by atoms with E-state index in [1.54, 1.807) is 12.3 Å². The van der Waals surface area contributed by atoms with E-state index >= 15 is 0 Å². The summed E-state index contributed by atoms with van der Waals surface area (Å²) in [6.45, 7) is 0.264. The Kier molecular flexibility index (Phi) is 5.03. The first-order chi connectivity index (χ1) is 9.99. The van der Waals surface area contributed by atoms with Crippen LogP contribution in [0.3, 0.4) is 0 Å². The second-order valence-electron chi connectivity index (χ2n) is 4.15. The third-order valence-electron chi connectivity index (χ3n) is 2.58. The van der Waals surface area contributed by atoms with Gasteiger partial charge in [0.2, 0.25) is 0 Å². The molecule has 1 aromatic heterocycles. The van der Waals surface area contributed by atoms with Crippen LogP contribution in [0.4, 0.5) is 4.39 Å². The molecule has 0 fully saturated rings. The lowest BCUT2D eigenvalue weighted by atomic mass is 10.3. The zero-order chi connectivity index (χ0) is 15.4. The van der Waals surface area contributed by atoms with Crippen LogP contribution in [0.5, 0.6) is 0 Å². The normalized spacial score (nSPS) is 12.1. The molecule has 0 saturated heterocycles. The fourth-order valence-electron chi connectivity index (χ4n) is 1.55. The van der Waals surface area contributed by atoms with E-state index in [4.69, 9.17) is 11.6 Å². The van der Waals surface area contributed by atoms with Gasteiger partial charge in [0.15, 0.2) is 11.5 Å². The molecule has 6 nitrogen and oxygen atoms in total. The first kappa shape index (κ1) is 15.6. The number of hydrogen-bond acceptors (Lipinski definition) is 4. The Morgan fingerprint density at radius 1 is 1.52 bits per heavy atom. The quantitative estimate of drug-likeness (QED) is 0.892. The van der Waals surface area contributed by atoms with Crippen LogP contribution >= 0.6 is 11.6 Å². The highest BCUT2D eigenvalue weighted by Gasteiger charge is 2.14. The number of halogens is 2. The SMILES string of the molecule is C[S@](=O)CCNC(=O)c1cn(-c2cccc(Cl)c2F)nn1. The Bertz CT molecular complexity index is 692. The smallest absolute Gasteiger partial charge is 0.273 e. The van der Waals surface area contributed by atoms with Crippen molar-refractivity contribution in [3.05, 3.63) is 40.9 Å². The van der Waals surface area contributed by atoms with Crippen molar-refractivity contribution in [3.63, 3.8) is 0 Å². The van der Waals surface area contributed by atoms with Gasteiger partial charge in [-0.3, -0.25) is 9.00 Å². The lowest BCUT2D eigenvalue weighted by Gasteiger charge is -2.02. The number of carbonyl (C=O) groups excluding carboxylic acids is 1. The lowest BCUT2D eigenvalue weighted by molar-refractivity contribution is 0.0951. The molecule has 9 heteroatoms. The molecule has 0 aliphatic rings. The van der Waals surface area contributed by atoms with Crippen molar-refractivity contribution >= 4 is 28.3 Å². The summed E-state index contributed by atoms with van der Waals surface area (Å²) in [5, 5.41) is 9.89. The van der Waals surface area contributed by atoms with Gasteiger partial charge >= 0.3 is 0 Å². The predicted molar refractivity (Wildman–Crippen MR) is 77.6 cm³/mol. The number of aromatic nitrogens is 3.